The van der Waals surface area contributed by atoms with E-state index < -0.39 is 19.1 Å². The van der Waals surface area contributed by atoms with Crippen molar-refractivity contribution in [3.05, 3.63) is 11.9 Å². The molecule has 0 unspecified atom stereocenters. The topological polar surface area (TPSA) is 58.4 Å². The van der Waals surface area contributed by atoms with Crippen LogP contribution in [-0.4, -0.2) is 47.6 Å². The lowest BCUT2D eigenvalue weighted by Crippen LogP contribution is -2.19. The highest BCUT2D eigenvalue weighted by atomic mass is 19.4. The number of halogens is 3. The molecule has 1 rings (SSSR count). The number of rotatable bonds is 9. The van der Waals surface area contributed by atoms with Crippen LogP contribution in [-0.2, 0) is 20.8 Å². The molecule has 20 heavy (non-hydrogen) atoms. The minimum absolute atomic E-state index is 0.101. The summed E-state index contributed by atoms with van der Waals surface area (Å²) >= 11 is 0. The van der Waals surface area contributed by atoms with Crippen LogP contribution in [0, 0.1) is 0 Å². The minimum Gasteiger partial charge on any atom is -0.370 e. The van der Waals surface area contributed by atoms with Crippen molar-refractivity contribution >= 4 is 0 Å². The first-order valence-electron chi connectivity index (χ1n) is 6.24. The Hall–Kier alpha value is -1.19. The summed E-state index contributed by atoms with van der Waals surface area (Å²) in [5.41, 5.74) is 0.476. The van der Waals surface area contributed by atoms with Crippen molar-refractivity contribution < 1.29 is 27.4 Å². The summed E-state index contributed by atoms with van der Waals surface area (Å²) in [6.07, 6.45) is -3.37. The molecule has 1 aromatic heterocycles. The van der Waals surface area contributed by atoms with Gasteiger partial charge in [-0.1, -0.05) is 5.21 Å². The molecule has 0 saturated carbocycles. The van der Waals surface area contributed by atoms with Crippen molar-refractivity contribution in [3.63, 3.8) is 0 Å². The van der Waals surface area contributed by atoms with E-state index in [0.717, 1.165) is 0 Å². The summed E-state index contributed by atoms with van der Waals surface area (Å²) < 4.78 is 52.1. The third kappa shape index (κ3) is 6.31. The summed E-state index contributed by atoms with van der Waals surface area (Å²) in [4.78, 5) is 0. The smallest absolute Gasteiger partial charge is 0.370 e. The van der Waals surface area contributed by atoms with Crippen molar-refractivity contribution in [2.24, 2.45) is 0 Å². The van der Waals surface area contributed by atoms with Crippen LogP contribution in [0.1, 0.15) is 25.8 Å². The fourth-order valence-electron chi connectivity index (χ4n) is 1.40. The summed E-state index contributed by atoms with van der Waals surface area (Å²) in [7, 11) is 0. The maximum Gasteiger partial charge on any atom is 0.411 e. The Morgan fingerprint density at radius 3 is 2.45 bits per heavy atom. The fraction of sp³-hybridized carbons (Fsp3) is 0.818. The van der Waals surface area contributed by atoms with E-state index in [9.17, 15) is 13.2 Å². The van der Waals surface area contributed by atoms with Crippen LogP contribution in [0.5, 0.6) is 0 Å². The third-order valence-electron chi connectivity index (χ3n) is 2.16. The molecule has 0 aliphatic heterocycles. The summed E-state index contributed by atoms with van der Waals surface area (Å²) in [5, 5.41) is 7.65. The molecule has 1 heterocycles. The van der Waals surface area contributed by atoms with Crippen molar-refractivity contribution in [2.45, 2.75) is 32.9 Å². The number of hydrogen-bond acceptors (Lipinski definition) is 5. The Labute approximate surface area is 114 Å². The predicted octanol–water partition coefficient (Wildman–Crippen LogP) is 1.93. The molecular formula is C11H18F3N3O3. The van der Waals surface area contributed by atoms with Gasteiger partial charge >= 0.3 is 6.18 Å². The van der Waals surface area contributed by atoms with Crippen LogP contribution in [0.4, 0.5) is 13.2 Å². The number of ether oxygens (including phenoxy) is 3. The van der Waals surface area contributed by atoms with Crippen LogP contribution >= 0.6 is 0 Å². The van der Waals surface area contributed by atoms with Crippen LogP contribution in [0.3, 0.4) is 0 Å². The zero-order chi connectivity index (χ0) is 15.0. The number of aromatic nitrogens is 3. The molecule has 0 aromatic carbocycles. The van der Waals surface area contributed by atoms with Gasteiger partial charge in [-0.3, -0.25) is 0 Å². The molecule has 1 aromatic rings. The van der Waals surface area contributed by atoms with Crippen molar-refractivity contribution in [1.29, 1.82) is 0 Å². The van der Waals surface area contributed by atoms with Crippen molar-refractivity contribution in [1.82, 2.24) is 15.0 Å². The molecule has 0 amide bonds. The van der Waals surface area contributed by atoms with Gasteiger partial charge in [0, 0.05) is 13.2 Å². The first-order valence-corrected chi connectivity index (χ1v) is 6.24. The van der Waals surface area contributed by atoms with Gasteiger partial charge in [0.15, 0.2) is 0 Å². The normalized spacial score (nSPS) is 12.3. The zero-order valence-electron chi connectivity index (χ0n) is 11.4. The molecule has 0 bridgehead atoms. The Morgan fingerprint density at radius 1 is 1.25 bits per heavy atom. The standard InChI is InChI=1S/C11H18F3N3O3/c1-3-19-10(20-4-2)9-7-17(16-15-9)5-6-18-8-11(12,13)14/h7,10H,3-6,8H2,1-2H3. The quantitative estimate of drug-likeness (QED) is 0.515. The highest BCUT2D eigenvalue weighted by molar-refractivity contribution is 4.94. The van der Waals surface area contributed by atoms with E-state index in [1.807, 2.05) is 13.8 Å². The molecule has 6 nitrogen and oxygen atoms in total. The maximum absolute atomic E-state index is 11.9. The number of hydrogen-bond donors (Lipinski definition) is 0. The summed E-state index contributed by atoms with van der Waals surface area (Å²) in [5.74, 6) is 0. The molecule has 0 spiro atoms. The van der Waals surface area contributed by atoms with Crippen LogP contribution < -0.4 is 0 Å². The Kier molecular flexibility index (Phi) is 6.89. The van der Waals surface area contributed by atoms with Gasteiger partial charge in [0.2, 0.25) is 6.29 Å². The first-order chi connectivity index (χ1) is 9.46. The first kappa shape index (κ1) is 16.9. The van der Waals surface area contributed by atoms with E-state index in [0.29, 0.717) is 18.9 Å². The lowest BCUT2D eigenvalue weighted by molar-refractivity contribution is -0.174. The van der Waals surface area contributed by atoms with Gasteiger partial charge in [-0.25, -0.2) is 4.68 Å². The van der Waals surface area contributed by atoms with Gasteiger partial charge in [0.05, 0.1) is 19.3 Å². The van der Waals surface area contributed by atoms with E-state index in [4.69, 9.17) is 9.47 Å². The van der Waals surface area contributed by atoms with Gasteiger partial charge in [-0.05, 0) is 13.8 Å². The van der Waals surface area contributed by atoms with Gasteiger partial charge in [0.1, 0.15) is 12.3 Å². The van der Waals surface area contributed by atoms with Crippen LogP contribution in [0.2, 0.25) is 0 Å². The second-order valence-electron chi connectivity index (χ2n) is 3.82. The van der Waals surface area contributed by atoms with E-state index in [1.165, 1.54) is 4.68 Å². The van der Waals surface area contributed by atoms with Crippen molar-refractivity contribution in [3.8, 4) is 0 Å². The SMILES string of the molecule is CCOC(OCC)c1cn(CCOCC(F)(F)F)nn1. The lowest BCUT2D eigenvalue weighted by Gasteiger charge is -2.13. The molecule has 0 aliphatic carbocycles. The molecular weight excluding hydrogens is 279 g/mol. The number of nitrogens with zero attached hydrogens (tertiary/aromatic N) is 3. The summed E-state index contributed by atoms with van der Waals surface area (Å²) in [6, 6.07) is 0. The third-order valence-corrected chi connectivity index (χ3v) is 2.16. The lowest BCUT2D eigenvalue weighted by atomic mass is 10.4. The Bertz CT molecular complexity index is 378. The van der Waals surface area contributed by atoms with Gasteiger partial charge in [-0.2, -0.15) is 13.2 Å². The van der Waals surface area contributed by atoms with E-state index in [-0.39, 0.29) is 13.2 Å². The molecule has 116 valence electrons. The highest BCUT2D eigenvalue weighted by Gasteiger charge is 2.27. The highest BCUT2D eigenvalue weighted by Crippen LogP contribution is 2.16. The fourth-order valence-corrected chi connectivity index (χ4v) is 1.40. The minimum atomic E-state index is -4.32. The Balaban J connectivity index is 2.41. The molecule has 0 saturated heterocycles. The average molecular weight is 297 g/mol. The molecule has 0 aliphatic rings. The van der Waals surface area contributed by atoms with E-state index in [1.54, 1.807) is 6.20 Å². The van der Waals surface area contributed by atoms with E-state index >= 15 is 0 Å². The molecule has 0 atom stereocenters. The Morgan fingerprint density at radius 2 is 1.90 bits per heavy atom. The van der Waals surface area contributed by atoms with Crippen LogP contribution in [0.15, 0.2) is 6.20 Å². The molecule has 9 heteroatoms. The molecule has 0 fully saturated rings. The van der Waals surface area contributed by atoms with Gasteiger partial charge < -0.3 is 14.2 Å². The second-order valence-corrected chi connectivity index (χ2v) is 3.82. The average Bonchev–Trinajstić information content (AvgIpc) is 2.82. The zero-order valence-corrected chi connectivity index (χ0v) is 11.4. The van der Waals surface area contributed by atoms with Gasteiger partial charge in [-0.15, -0.1) is 5.10 Å². The molecule has 0 N–H and O–H groups in total. The monoisotopic (exact) mass is 297 g/mol. The predicted molar refractivity (Wildman–Crippen MR) is 62.9 cm³/mol. The summed E-state index contributed by atoms with van der Waals surface area (Å²) in [6.45, 7) is 3.35. The molecule has 0 radical (unpaired) electrons. The number of alkyl halides is 3. The van der Waals surface area contributed by atoms with Crippen LogP contribution in [0.25, 0.3) is 0 Å². The van der Waals surface area contributed by atoms with Crippen molar-refractivity contribution in [2.75, 3.05) is 26.4 Å². The largest absolute Gasteiger partial charge is 0.411 e. The van der Waals surface area contributed by atoms with Gasteiger partial charge in [0.25, 0.3) is 0 Å². The van der Waals surface area contributed by atoms with E-state index in [2.05, 4.69) is 15.0 Å². The second kappa shape index (κ2) is 8.18. The maximum atomic E-state index is 11.9.